The van der Waals surface area contributed by atoms with Gasteiger partial charge < -0.3 is 20.3 Å². The molecule has 0 saturated carbocycles. The number of ether oxygens (including phenoxy) is 1. The van der Waals surface area contributed by atoms with Crippen molar-refractivity contribution in [1.82, 2.24) is 5.32 Å². The third-order valence-electron chi connectivity index (χ3n) is 18.7. The molecule has 0 aliphatic heterocycles. The second kappa shape index (κ2) is 75.8. The Morgan fingerprint density at radius 1 is 0.314 bits per heavy atom. The van der Waals surface area contributed by atoms with E-state index in [2.05, 4.69) is 31.3 Å². The quantitative estimate of drug-likeness (QED) is 0.0320. The number of hydrogen-bond acceptors (Lipinski definition) is 5. The maximum Gasteiger partial charge on any atom is 0.305 e. The predicted octanol–water partition coefficient (Wildman–Crippen LogP) is 26.0. The van der Waals surface area contributed by atoms with E-state index in [1.165, 1.54) is 385 Å². The number of aliphatic hydroxyl groups is 2. The van der Waals surface area contributed by atoms with Gasteiger partial charge in [-0.15, -0.1) is 0 Å². The molecule has 0 heterocycles. The zero-order chi connectivity index (χ0) is 62.0. The summed E-state index contributed by atoms with van der Waals surface area (Å²) in [4.78, 5) is 24.6. The molecule has 3 N–H and O–H groups in total. The number of nitrogens with one attached hydrogen (secondary N) is 1. The Morgan fingerprint density at radius 3 is 0.826 bits per heavy atom. The molecule has 0 rings (SSSR count). The Kier molecular flexibility index (Phi) is 74.3. The first kappa shape index (κ1) is 84.3. The van der Waals surface area contributed by atoms with Crippen molar-refractivity contribution in [3.05, 3.63) is 24.3 Å². The number of rotatable bonds is 75. The Labute approximate surface area is 539 Å². The lowest BCUT2D eigenvalue weighted by Gasteiger charge is -2.20. The summed E-state index contributed by atoms with van der Waals surface area (Å²) in [6, 6.07) is -0.624. The zero-order valence-corrected chi connectivity index (χ0v) is 58.6. The molecule has 0 aromatic heterocycles. The summed E-state index contributed by atoms with van der Waals surface area (Å²) in [7, 11) is 0. The molecule has 0 aromatic carbocycles. The number of hydrogen-bond donors (Lipinski definition) is 3. The van der Waals surface area contributed by atoms with Crippen molar-refractivity contribution < 1.29 is 24.5 Å². The number of aliphatic hydroxyl groups excluding tert-OH is 2. The summed E-state index contributed by atoms with van der Waals surface area (Å²) in [6.45, 7) is 4.95. The fourth-order valence-electron chi connectivity index (χ4n) is 12.7. The highest BCUT2D eigenvalue weighted by molar-refractivity contribution is 5.76. The van der Waals surface area contributed by atoms with Gasteiger partial charge in [-0.25, -0.2) is 0 Å². The van der Waals surface area contributed by atoms with Crippen LogP contribution in [0.15, 0.2) is 24.3 Å². The van der Waals surface area contributed by atoms with Gasteiger partial charge in [-0.1, -0.05) is 404 Å². The minimum atomic E-state index is -0.841. The van der Waals surface area contributed by atoms with Crippen molar-refractivity contribution in [1.29, 1.82) is 0 Å². The summed E-state index contributed by atoms with van der Waals surface area (Å²) < 4.78 is 5.51. The fraction of sp³-hybridized carbons (Fsp3) is 0.925. The lowest BCUT2D eigenvalue weighted by molar-refractivity contribution is -0.143. The van der Waals surface area contributed by atoms with E-state index in [0.717, 1.165) is 38.5 Å². The molecular weight excluding hydrogens is 1050 g/mol. The van der Waals surface area contributed by atoms with Gasteiger partial charge in [-0.3, -0.25) is 9.59 Å². The lowest BCUT2D eigenvalue weighted by atomic mass is 10.0. The van der Waals surface area contributed by atoms with Gasteiger partial charge in [-0.2, -0.15) is 0 Å². The molecule has 2 unspecified atom stereocenters. The van der Waals surface area contributed by atoms with Gasteiger partial charge in [0.2, 0.25) is 5.91 Å². The standard InChI is InChI=1S/C80H155NO5/c1-3-5-7-9-11-13-15-17-44-48-52-56-60-64-68-72-78(83)77(76-82)81-79(84)73-69-65-61-57-53-49-46-42-40-38-36-34-32-30-28-26-24-22-20-19-21-23-25-27-29-31-33-35-37-39-41-43-47-51-55-59-63-67-71-75-86-80(85)74-70-66-62-58-54-50-45-18-16-14-12-10-8-6-4-2/h19-20,68,72,77-78,82-83H,3-18,21-67,69-71,73-76H2,1-2H3,(H,81,84)/b20-19-,72-68+. The number of unbranched alkanes of at least 4 members (excludes halogenated alkanes) is 62. The van der Waals surface area contributed by atoms with Crippen LogP contribution in [0.5, 0.6) is 0 Å². The molecule has 0 radical (unpaired) electrons. The van der Waals surface area contributed by atoms with Crippen molar-refractivity contribution in [2.24, 2.45) is 0 Å². The smallest absolute Gasteiger partial charge is 0.305 e. The average molecular weight is 1210 g/mol. The summed E-state index contributed by atoms with van der Waals surface area (Å²) in [5, 5.41) is 23.2. The zero-order valence-electron chi connectivity index (χ0n) is 58.6. The maximum atomic E-state index is 12.5. The van der Waals surface area contributed by atoms with Gasteiger partial charge in [0, 0.05) is 12.8 Å². The minimum Gasteiger partial charge on any atom is -0.466 e. The highest BCUT2D eigenvalue weighted by atomic mass is 16.5. The van der Waals surface area contributed by atoms with Gasteiger partial charge in [0.15, 0.2) is 0 Å². The SMILES string of the molecule is CCCCCCCCCCCCCCC/C=C/C(O)C(CO)NC(=O)CCCCCCCCCCCCCCCCCCC/C=C\CCCCCCCCCCCCCCCCCCCCOC(=O)CCCCCCCCCCCCCCCCC. The molecule has 0 aliphatic rings. The van der Waals surface area contributed by atoms with Gasteiger partial charge in [0.1, 0.15) is 0 Å². The van der Waals surface area contributed by atoms with Crippen LogP contribution in [0.4, 0.5) is 0 Å². The number of carbonyl (C=O) groups is 2. The summed E-state index contributed by atoms with van der Waals surface area (Å²) in [5.74, 6) is -0.0345. The van der Waals surface area contributed by atoms with E-state index in [0.29, 0.717) is 19.4 Å². The first-order chi connectivity index (χ1) is 42.5. The normalized spacial score (nSPS) is 12.6. The topological polar surface area (TPSA) is 95.9 Å². The van der Waals surface area contributed by atoms with Crippen LogP contribution in [0.1, 0.15) is 450 Å². The molecule has 0 aromatic rings. The molecule has 0 fully saturated rings. The van der Waals surface area contributed by atoms with E-state index in [1.807, 2.05) is 6.08 Å². The first-order valence-electron chi connectivity index (χ1n) is 39.6. The number of esters is 1. The Hall–Kier alpha value is -1.66. The highest BCUT2D eigenvalue weighted by Crippen LogP contribution is 2.20. The van der Waals surface area contributed by atoms with E-state index < -0.39 is 12.1 Å². The summed E-state index contributed by atoms with van der Waals surface area (Å²) in [5.41, 5.74) is 0. The third kappa shape index (κ3) is 71.4. The molecule has 510 valence electrons. The molecular formula is C80H155NO5. The molecule has 1 amide bonds. The third-order valence-corrected chi connectivity index (χ3v) is 18.7. The van der Waals surface area contributed by atoms with Crippen LogP contribution in [0.25, 0.3) is 0 Å². The van der Waals surface area contributed by atoms with Crippen molar-refractivity contribution in [2.45, 2.75) is 463 Å². The molecule has 0 bridgehead atoms. The monoisotopic (exact) mass is 1210 g/mol. The van der Waals surface area contributed by atoms with E-state index in [9.17, 15) is 19.8 Å². The summed E-state index contributed by atoms with van der Waals surface area (Å²) in [6.07, 6.45) is 97.4. The predicted molar refractivity (Wildman–Crippen MR) is 380 cm³/mol. The molecule has 0 aliphatic carbocycles. The second-order valence-corrected chi connectivity index (χ2v) is 27.4. The van der Waals surface area contributed by atoms with Crippen LogP contribution in [0.3, 0.4) is 0 Å². The van der Waals surface area contributed by atoms with Crippen LogP contribution in [0.2, 0.25) is 0 Å². The van der Waals surface area contributed by atoms with Gasteiger partial charge >= 0.3 is 5.97 Å². The van der Waals surface area contributed by atoms with Crippen LogP contribution >= 0.6 is 0 Å². The summed E-state index contributed by atoms with van der Waals surface area (Å²) >= 11 is 0. The van der Waals surface area contributed by atoms with Crippen LogP contribution < -0.4 is 5.32 Å². The maximum absolute atomic E-state index is 12.5. The van der Waals surface area contributed by atoms with Crippen LogP contribution in [-0.2, 0) is 14.3 Å². The van der Waals surface area contributed by atoms with E-state index in [-0.39, 0.29) is 18.5 Å². The number of amides is 1. The first-order valence-corrected chi connectivity index (χ1v) is 39.6. The molecule has 6 nitrogen and oxygen atoms in total. The van der Waals surface area contributed by atoms with Crippen LogP contribution in [0, 0.1) is 0 Å². The van der Waals surface area contributed by atoms with E-state index >= 15 is 0 Å². The van der Waals surface area contributed by atoms with E-state index in [1.54, 1.807) is 6.08 Å². The molecule has 2 atom stereocenters. The van der Waals surface area contributed by atoms with Crippen molar-refractivity contribution in [3.63, 3.8) is 0 Å². The van der Waals surface area contributed by atoms with Crippen molar-refractivity contribution >= 4 is 11.9 Å². The minimum absolute atomic E-state index is 0.0261. The molecule has 0 spiro atoms. The van der Waals surface area contributed by atoms with Gasteiger partial charge in [0.05, 0.1) is 25.4 Å². The number of carbonyl (C=O) groups excluding carboxylic acids is 2. The number of allylic oxidation sites excluding steroid dienone is 3. The van der Waals surface area contributed by atoms with Gasteiger partial charge in [-0.05, 0) is 57.8 Å². The van der Waals surface area contributed by atoms with Gasteiger partial charge in [0.25, 0.3) is 0 Å². The molecule has 0 saturated heterocycles. The van der Waals surface area contributed by atoms with Crippen molar-refractivity contribution in [3.8, 4) is 0 Å². The average Bonchev–Trinajstić information content (AvgIpc) is 3.52. The van der Waals surface area contributed by atoms with E-state index in [4.69, 9.17) is 4.74 Å². The van der Waals surface area contributed by atoms with Crippen LogP contribution in [-0.4, -0.2) is 47.4 Å². The molecule has 86 heavy (non-hydrogen) atoms. The largest absolute Gasteiger partial charge is 0.466 e. The Bertz CT molecular complexity index is 1350. The van der Waals surface area contributed by atoms with Crippen molar-refractivity contribution in [2.75, 3.05) is 13.2 Å². The lowest BCUT2D eigenvalue weighted by Crippen LogP contribution is -2.45. The Balaban J connectivity index is 3.32. The highest BCUT2D eigenvalue weighted by Gasteiger charge is 2.18. The molecule has 6 heteroatoms. The second-order valence-electron chi connectivity index (χ2n) is 27.4. The fourth-order valence-corrected chi connectivity index (χ4v) is 12.7. The Morgan fingerprint density at radius 2 is 0.547 bits per heavy atom.